The van der Waals surface area contributed by atoms with Crippen molar-refractivity contribution in [2.75, 3.05) is 5.32 Å². The lowest BCUT2D eigenvalue weighted by Gasteiger charge is -2.55. The average Bonchev–Trinajstić information content (AvgIpc) is 2.89. The Labute approximate surface area is 157 Å². The summed E-state index contributed by atoms with van der Waals surface area (Å²) >= 11 is 0. The van der Waals surface area contributed by atoms with Gasteiger partial charge in [-0.3, -0.25) is 10.1 Å². The summed E-state index contributed by atoms with van der Waals surface area (Å²) in [7, 11) is 6.02. The maximum Gasteiger partial charge on any atom is 0.226 e. The van der Waals surface area contributed by atoms with Crippen LogP contribution in [-0.2, 0) is 10.3 Å². The third kappa shape index (κ3) is 3.13. The van der Waals surface area contributed by atoms with Crippen molar-refractivity contribution < 1.29 is 18.0 Å². The zero-order valence-electron chi connectivity index (χ0n) is 16.2. The second kappa shape index (κ2) is 6.01. The molecule has 1 aromatic carbocycles. The first-order valence-corrected chi connectivity index (χ1v) is 8.90. The van der Waals surface area contributed by atoms with Gasteiger partial charge in [-0.25, -0.2) is 18.2 Å². The molecule has 27 heavy (non-hydrogen) atoms. The van der Waals surface area contributed by atoms with E-state index in [9.17, 15) is 18.0 Å². The number of amides is 1. The summed E-state index contributed by atoms with van der Waals surface area (Å²) in [6.07, 6.45) is 0.222. The molecular weight excluding hydrogens is 354 g/mol. The monoisotopic (exact) mass is 377 g/mol. The van der Waals surface area contributed by atoms with Crippen molar-refractivity contribution in [1.82, 2.24) is 9.55 Å². The SMILES string of the molecule is [B]C1(C)C(CC(=O)Nc2nc3ccc(F)c(F)c3n2C(C)(C)C)CC1(C)F. The Hall–Kier alpha value is -1.99. The molecule has 4 nitrogen and oxygen atoms in total. The van der Waals surface area contributed by atoms with Crippen LogP contribution in [0.3, 0.4) is 0 Å². The molecule has 1 amide bonds. The lowest BCUT2D eigenvalue weighted by atomic mass is 9.42. The molecule has 1 aliphatic rings. The van der Waals surface area contributed by atoms with Crippen LogP contribution in [0, 0.1) is 17.6 Å². The van der Waals surface area contributed by atoms with E-state index in [2.05, 4.69) is 10.3 Å². The fraction of sp³-hybridized carbons (Fsp3) is 0.579. The molecule has 1 aromatic heterocycles. The summed E-state index contributed by atoms with van der Waals surface area (Å²) in [6, 6.07) is 2.36. The highest BCUT2D eigenvalue weighted by molar-refractivity contribution is 6.17. The van der Waals surface area contributed by atoms with Crippen LogP contribution in [0.5, 0.6) is 0 Å². The molecule has 3 rings (SSSR count). The first kappa shape index (κ1) is 19.8. The third-order valence-corrected chi connectivity index (χ3v) is 5.66. The minimum Gasteiger partial charge on any atom is -0.302 e. The van der Waals surface area contributed by atoms with Gasteiger partial charge in [0.05, 0.1) is 13.4 Å². The molecule has 1 saturated carbocycles. The number of carbonyl (C=O) groups excluding carboxylic acids is 1. The van der Waals surface area contributed by atoms with Crippen LogP contribution in [0.25, 0.3) is 11.0 Å². The third-order valence-electron chi connectivity index (χ3n) is 5.66. The van der Waals surface area contributed by atoms with Crippen molar-refractivity contribution in [2.24, 2.45) is 5.92 Å². The van der Waals surface area contributed by atoms with E-state index in [4.69, 9.17) is 7.85 Å². The van der Waals surface area contributed by atoms with Crippen LogP contribution in [-0.4, -0.2) is 29.0 Å². The first-order chi connectivity index (χ1) is 12.3. The summed E-state index contributed by atoms with van der Waals surface area (Å²) in [5.41, 5.74) is -1.95. The molecule has 2 radical (unpaired) electrons. The van der Waals surface area contributed by atoms with Gasteiger partial charge < -0.3 is 4.57 Å². The average molecular weight is 377 g/mol. The zero-order valence-corrected chi connectivity index (χ0v) is 16.2. The van der Waals surface area contributed by atoms with Crippen molar-refractivity contribution in [2.45, 2.75) is 64.0 Å². The number of hydrogen-bond donors (Lipinski definition) is 1. The van der Waals surface area contributed by atoms with E-state index >= 15 is 0 Å². The van der Waals surface area contributed by atoms with Gasteiger partial charge in [-0.1, -0.05) is 6.92 Å². The van der Waals surface area contributed by atoms with Crippen molar-refractivity contribution in [1.29, 1.82) is 0 Å². The summed E-state index contributed by atoms with van der Waals surface area (Å²) in [5, 5.41) is 1.57. The highest BCUT2D eigenvalue weighted by Gasteiger charge is 2.57. The molecule has 0 saturated heterocycles. The van der Waals surface area contributed by atoms with Crippen LogP contribution in [0.4, 0.5) is 19.1 Å². The number of benzene rings is 1. The number of alkyl halides is 1. The van der Waals surface area contributed by atoms with Crippen LogP contribution in [0.2, 0.25) is 5.31 Å². The lowest BCUT2D eigenvalue weighted by Crippen LogP contribution is -2.53. The number of carbonyl (C=O) groups is 1. The number of rotatable bonds is 3. The maximum atomic E-state index is 14.4. The van der Waals surface area contributed by atoms with Crippen LogP contribution in [0.15, 0.2) is 12.1 Å². The second-order valence-corrected chi connectivity index (χ2v) is 8.80. The Morgan fingerprint density at radius 2 is 2.00 bits per heavy atom. The van der Waals surface area contributed by atoms with Crippen LogP contribution in [0.1, 0.15) is 47.5 Å². The number of aromatic nitrogens is 2. The minimum absolute atomic E-state index is 0.0126. The highest BCUT2D eigenvalue weighted by Crippen LogP contribution is 2.61. The fourth-order valence-corrected chi connectivity index (χ4v) is 3.71. The molecule has 3 unspecified atom stereocenters. The quantitative estimate of drug-likeness (QED) is 0.801. The maximum absolute atomic E-state index is 14.4. The molecule has 1 aliphatic carbocycles. The first-order valence-electron chi connectivity index (χ1n) is 8.90. The molecule has 1 heterocycles. The summed E-state index contributed by atoms with van der Waals surface area (Å²) in [5.74, 6) is -2.59. The Bertz CT molecular complexity index is 915. The largest absolute Gasteiger partial charge is 0.302 e. The van der Waals surface area contributed by atoms with Crippen LogP contribution < -0.4 is 5.32 Å². The van der Waals surface area contributed by atoms with E-state index in [0.29, 0.717) is 0 Å². The van der Waals surface area contributed by atoms with Crippen LogP contribution >= 0.6 is 0 Å². The number of nitrogens with zero attached hydrogens (tertiary/aromatic N) is 2. The predicted molar refractivity (Wildman–Crippen MR) is 99.6 cm³/mol. The Kier molecular flexibility index (Phi) is 4.40. The van der Waals surface area contributed by atoms with Gasteiger partial charge in [-0.15, -0.1) is 0 Å². The number of imidazole rings is 1. The van der Waals surface area contributed by atoms with E-state index in [0.717, 1.165) is 6.07 Å². The summed E-state index contributed by atoms with van der Waals surface area (Å²) < 4.78 is 43.8. The summed E-state index contributed by atoms with van der Waals surface area (Å²) in [4.78, 5) is 16.8. The topological polar surface area (TPSA) is 46.9 Å². The number of fused-ring (bicyclic) bond motifs is 1. The number of halogens is 3. The van der Waals surface area contributed by atoms with Gasteiger partial charge in [0, 0.05) is 12.0 Å². The number of nitrogens with one attached hydrogen (secondary N) is 1. The van der Waals surface area contributed by atoms with Gasteiger partial charge in [0.15, 0.2) is 11.6 Å². The van der Waals surface area contributed by atoms with Gasteiger partial charge in [-0.05, 0) is 57.5 Å². The van der Waals surface area contributed by atoms with Gasteiger partial charge >= 0.3 is 0 Å². The Balaban J connectivity index is 1.91. The molecule has 2 aromatic rings. The van der Waals surface area contributed by atoms with Crippen molar-refractivity contribution >= 4 is 30.7 Å². The molecule has 0 bridgehead atoms. The van der Waals surface area contributed by atoms with E-state index in [1.165, 1.54) is 17.6 Å². The minimum atomic E-state index is -1.52. The molecule has 1 fully saturated rings. The van der Waals surface area contributed by atoms with E-state index < -0.39 is 34.1 Å². The molecule has 3 atom stereocenters. The highest BCUT2D eigenvalue weighted by atomic mass is 19.2. The van der Waals surface area contributed by atoms with E-state index in [1.807, 2.05) is 0 Å². The zero-order chi connectivity index (χ0) is 20.4. The van der Waals surface area contributed by atoms with Gasteiger partial charge in [-0.2, -0.15) is 0 Å². The molecule has 8 heteroatoms. The molecule has 0 spiro atoms. The molecule has 1 N–H and O–H groups in total. The van der Waals surface area contributed by atoms with E-state index in [1.54, 1.807) is 27.7 Å². The number of anilines is 1. The Morgan fingerprint density at radius 1 is 1.37 bits per heavy atom. The molecule has 144 valence electrons. The standard InChI is InChI=1S/C19H23BF3N3O/c1-17(2,3)26-15-12(7-6-11(21)14(15)22)24-16(26)25-13(27)8-10-9-18(4,23)19(10,5)20/h6-7,10H,8-9H2,1-5H3,(H,24,25,27). The Morgan fingerprint density at radius 3 is 2.52 bits per heavy atom. The normalized spacial score (nSPS) is 28.2. The van der Waals surface area contributed by atoms with Gasteiger partial charge in [0.25, 0.3) is 0 Å². The molecular formula is C19H23BF3N3O. The lowest BCUT2D eigenvalue weighted by molar-refractivity contribution is -0.121. The molecule has 0 aliphatic heterocycles. The van der Waals surface area contributed by atoms with Gasteiger partial charge in [0.2, 0.25) is 11.9 Å². The van der Waals surface area contributed by atoms with Gasteiger partial charge in [0.1, 0.15) is 11.2 Å². The van der Waals surface area contributed by atoms with Crippen molar-refractivity contribution in [3.8, 4) is 0 Å². The van der Waals surface area contributed by atoms with E-state index in [-0.39, 0.29) is 35.7 Å². The smallest absolute Gasteiger partial charge is 0.226 e. The summed E-state index contributed by atoms with van der Waals surface area (Å²) in [6.45, 7) is 8.41. The van der Waals surface area contributed by atoms with Crippen molar-refractivity contribution in [3.05, 3.63) is 23.8 Å². The predicted octanol–water partition coefficient (Wildman–Crippen LogP) is 4.49. The van der Waals surface area contributed by atoms with Crippen molar-refractivity contribution in [3.63, 3.8) is 0 Å². The second-order valence-electron chi connectivity index (χ2n) is 8.80. The fourth-order valence-electron chi connectivity index (χ4n) is 3.71. The number of hydrogen-bond acceptors (Lipinski definition) is 2.